The lowest BCUT2D eigenvalue weighted by atomic mass is 10.3. The summed E-state index contributed by atoms with van der Waals surface area (Å²) >= 11 is 0. The van der Waals surface area contributed by atoms with Gasteiger partial charge in [0, 0.05) is 13.1 Å². The van der Waals surface area contributed by atoms with E-state index in [2.05, 4.69) is 20.4 Å². The average molecular weight is 351 g/mol. The molecule has 1 aliphatic rings. The molecule has 3 rings (SSSR count). The van der Waals surface area contributed by atoms with Gasteiger partial charge in [-0.05, 0) is 18.2 Å². The van der Waals surface area contributed by atoms with Crippen molar-refractivity contribution >= 4 is 33.0 Å². The van der Waals surface area contributed by atoms with E-state index in [0.717, 1.165) is 0 Å². The standard InChI is InChI=1S/C13H17N7O3S/c14-12-11(13(19-18-12)20-4-6-23-7-5-20)17-16-9-2-1-3-10(8-9)24(15,21)22/h1-3,8H,4-7H2,(H3,14,18,19)(H2,15,21,22). The topological polar surface area (TPSA) is 152 Å². The Kier molecular flexibility index (Phi) is 4.46. The van der Waals surface area contributed by atoms with Gasteiger partial charge in [-0.3, -0.25) is 5.10 Å². The van der Waals surface area contributed by atoms with Crippen LogP contribution in [0.4, 0.5) is 23.0 Å². The first kappa shape index (κ1) is 16.4. The SMILES string of the molecule is Nc1[nH]nc(N2CCOCC2)c1N=Nc1cccc(S(N)(=O)=O)c1. The van der Waals surface area contributed by atoms with Crippen LogP contribution in [0.3, 0.4) is 0 Å². The van der Waals surface area contributed by atoms with Gasteiger partial charge in [0.05, 0.1) is 23.8 Å². The highest BCUT2D eigenvalue weighted by atomic mass is 32.2. The number of nitrogens with one attached hydrogen (secondary N) is 1. The van der Waals surface area contributed by atoms with Crippen molar-refractivity contribution < 1.29 is 13.2 Å². The fourth-order valence-electron chi connectivity index (χ4n) is 2.26. The molecule has 1 aromatic heterocycles. The van der Waals surface area contributed by atoms with Crippen LogP contribution in [0.15, 0.2) is 39.4 Å². The van der Waals surface area contributed by atoms with Gasteiger partial charge in [-0.2, -0.15) is 10.2 Å². The molecule has 1 aliphatic heterocycles. The second-order valence-corrected chi connectivity index (χ2v) is 6.71. The Morgan fingerprint density at radius 3 is 2.71 bits per heavy atom. The van der Waals surface area contributed by atoms with Crippen molar-refractivity contribution in [1.82, 2.24) is 10.2 Å². The number of morpholine rings is 1. The highest BCUT2D eigenvalue weighted by molar-refractivity contribution is 7.89. The van der Waals surface area contributed by atoms with E-state index >= 15 is 0 Å². The van der Waals surface area contributed by atoms with Gasteiger partial charge in [0.2, 0.25) is 10.0 Å². The van der Waals surface area contributed by atoms with E-state index < -0.39 is 10.0 Å². The van der Waals surface area contributed by atoms with E-state index in [-0.39, 0.29) is 10.7 Å². The van der Waals surface area contributed by atoms with Crippen LogP contribution in [-0.4, -0.2) is 44.9 Å². The average Bonchev–Trinajstić information content (AvgIpc) is 2.94. The summed E-state index contributed by atoms with van der Waals surface area (Å²) in [6.45, 7) is 2.54. The van der Waals surface area contributed by atoms with Gasteiger partial charge >= 0.3 is 0 Å². The van der Waals surface area contributed by atoms with Crippen LogP contribution in [0, 0.1) is 0 Å². The Labute approximate surface area is 138 Å². The fourth-order valence-corrected chi connectivity index (χ4v) is 2.82. The second kappa shape index (κ2) is 6.55. The number of sulfonamides is 1. The number of ether oxygens (including phenoxy) is 1. The van der Waals surface area contributed by atoms with Crippen molar-refractivity contribution in [3.8, 4) is 0 Å². The van der Waals surface area contributed by atoms with Crippen LogP contribution in [-0.2, 0) is 14.8 Å². The van der Waals surface area contributed by atoms with E-state index in [1.165, 1.54) is 18.2 Å². The molecule has 10 nitrogen and oxygen atoms in total. The third kappa shape index (κ3) is 3.53. The number of H-pyrrole nitrogens is 1. The molecule has 0 atom stereocenters. The van der Waals surface area contributed by atoms with Crippen molar-refractivity contribution in [1.29, 1.82) is 0 Å². The Balaban J connectivity index is 1.88. The van der Waals surface area contributed by atoms with Crippen LogP contribution in [0.1, 0.15) is 0 Å². The molecular weight excluding hydrogens is 334 g/mol. The molecule has 0 radical (unpaired) electrons. The highest BCUT2D eigenvalue weighted by Gasteiger charge is 2.20. The minimum atomic E-state index is -3.80. The molecule has 2 aromatic rings. The number of nitrogens with two attached hydrogens (primary N) is 2. The molecule has 2 heterocycles. The number of anilines is 2. The van der Waals surface area contributed by atoms with Gasteiger partial charge in [0.15, 0.2) is 11.5 Å². The van der Waals surface area contributed by atoms with Gasteiger partial charge < -0.3 is 15.4 Å². The number of primary sulfonamides is 1. The zero-order valence-corrected chi connectivity index (χ0v) is 13.5. The number of aromatic amines is 1. The Morgan fingerprint density at radius 1 is 1.25 bits per heavy atom. The summed E-state index contributed by atoms with van der Waals surface area (Å²) in [5.74, 6) is 0.866. The third-order valence-corrected chi connectivity index (χ3v) is 4.38. The molecule has 1 aromatic carbocycles. The van der Waals surface area contributed by atoms with Gasteiger partial charge in [-0.15, -0.1) is 5.11 Å². The summed E-state index contributed by atoms with van der Waals surface area (Å²) in [6.07, 6.45) is 0. The number of hydrogen-bond acceptors (Lipinski definition) is 8. The number of benzene rings is 1. The first-order chi connectivity index (χ1) is 11.4. The van der Waals surface area contributed by atoms with Crippen LogP contribution in [0.2, 0.25) is 0 Å². The summed E-state index contributed by atoms with van der Waals surface area (Å²) < 4.78 is 28.1. The number of azo groups is 1. The van der Waals surface area contributed by atoms with Gasteiger partial charge in [-0.25, -0.2) is 13.6 Å². The van der Waals surface area contributed by atoms with E-state index in [1.54, 1.807) is 6.07 Å². The van der Waals surface area contributed by atoms with Gasteiger partial charge in [-0.1, -0.05) is 6.07 Å². The molecule has 0 spiro atoms. The lowest BCUT2D eigenvalue weighted by Gasteiger charge is -2.26. The molecule has 0 unspecified atom stereocenters. The fraction of sp³-hybridized carbons (Fsp3) is 0.308. The zero-order valence-electron chi connectivity index (χ0n) is 12.7. The minimum absolute atomic E-state index is 0.0347. The van der Waals surface area contributed by atoms with Crippen molar-refractivity contribution in [2.45, 2.75) is 4.90 Å². The summed E-state index contributed by atoms with van der Waals surface area (Å²) in [7, 11) is -3.80. The molecule has 0 saturated carbocycles. The molecule has 0 bridgehead atoms. The number of nitrogens with zero attached hydrogens (tertiary/aromatic N) is 4. The predicted octanol–water partition coefficient (Wildman–Crippen LogP) is 0.891. The molecule has 1 fully saturated rings. The van der Waals surface area contributed by atoms with Crippen LogP contribution in [0.5, 0.6) is 0 Å². The van der Waals surface area contributed by atoms with E-state index in [9.17, 15) is 8.42 Å². The molecule has 0 aliphatic carbocycles. The lowest BCUT2D eigenvalue weighted by molar-refractivity contribution is 0.122. The maximum absolute atomic E-state index is 11.4. The Bertz CT molecular complexity index is 856. The second-order valence-electron chi connectivity index (χ2n) is 5.15. The monoisotopic (exact) mass is 351 g/mol. The van der Waals surface area contributed by atoms with Crippen molar-refractivity contribution in [3.05, 3.63) is 24.3 Å². The van der Waals surface area contributed by atoms with Crippen LogP contribution in [0.25, 0.3) is 0 Å². The van der Waals surface area contributed by atoms with Crippen molar-refractivity contribution in [2.24, 2.45) is 15.4 Å². The molecular formula is C13H17N7O3S. The summed E-state index contributed by atoms with van der Waals surface area (Å²) in [5, 5.41) is 20.1. The molecule has 1 saturated heterocycles. The van der Waals surface area contributed by atoms with Crippen LogP contribution >= 0.6 is 0 Å². The van der Waals surface area contributed by atoms with E-state index in [4.69, 9.17) is 15.6 Å². The molecule has 24 heavy (non-hydrogen) atoms. The number of rotatable bonds is 4. The minimum Gasteiger partial charge on any atom is -0.382 e. The Morgan fingerprint density at radius 2 is 2.00 bits per heavy atom. The number of nitrogen functional groups attached to an aromatic ring is 1. The number of hydrogen-bond donors (Lipinski definition) is 3. The molecule has 11 heteroatoms. The van der Waals surface area contributed by atoms with Gasteiger partial charge in [0.25, 0.3) is 0 Å². The summed E-state index contributed by atoms with van der Waals surface area (Å²) in [5.41, 5.74) is 6.61. The van der Waals surface area contributed by atoms with Crippen molar-refractivity contribution in [3.63, 3.8) is 0 Å². The zero-order chi connectivity index (χ0) is 17.2. The Hall–Kier alpha value is -2.50. The quantitative estimate of drug-likeness (QED) is 0.696. The normalized spacial score (nSPS) is 16.0. The smallest absolute Gasteiger partial charge is 0.238 e. The highest BCUT2D eigenvalue weighted by Crippen LogP contribution is 2.33. The molecule has 0 amide bonds. The van der Waals surface area contributed by atoms with E-state index in [1.807, 2.05) is 4.90 Å². The van der Waals surface area contributed by atoms with Crippen LogP contribution < -0.4 is 15.8 Å². The summed E-state index contributed by atoms with van der Waals surface area (Å²) in [6, 6.07) is 5.88. The predicted molar refractivity (Wildman–Crippen MR) is 88.0 cm³/mol. The van der Waals surface area contributed by atoms with Gasteiger partial charge in [0.1, 0.15) is 5.82 Å². The molecule has 128 valence electrons. The largest absolute Gasteiger partial charge is 0.382 e. The number of aromatic nitrogens is 2. The first-order valence-electron chi connectivity index (χ1n) is 7.16. The lowest BCUT2D eigenvalue weighted by Crippen LogP contribution is -2.36. The third-order valence-electron chi connectivity index (χ3n) is 3.47. The summed E-state index contributed by atoms with van der Waals surface area (Å²) in [4.78, 5) is 1.96. The first-order valence-corrected chi connectivity index (χ1v) is 8.71. The maximum Gasteiger partial charge on any atom is 0.238 e. The van der Waals surface area contributed by atoms with Crippen molar-refractivity contribution in [2.75, 3.05) is 36.9 Å². The molecule has 5 N–H and O–H groups in total. The maximum atomic E-state index is 11.4. The van der Waals surface area contributed by atoms with E-state index in [0.29, 0.717) is 43.5 Å².